The number of nitrogens with one attached hydrogen (secondary N) is 1. The van der Waals surface area contributed by atoms with Crippen LogP contribution in [-0.4, -0.2) is 35.9 Å². The van der Waals surface area contributed by atoms with Crippen LogP contribution in [0, 0.1) is 0 Å². The third-order valence-corrected chi connectivity index (χ3v) is 5.56. The molecule has 4 rings (SSSR count). The molecule has 0 bridgehead atoms. The number of rotatable bonds is 6. The Morgan fingerprint density at radius 3 is 2.48 bits per heavy atom. The number of urea groups is 1. The monoisotopic (exact) mass is 420 g/mol. The van der Waals surface area contributed by atoms with E-state index in [0.717, 1.165) is 31.2 Å². The van der Waals surface area contributed by atoms with Gasteiger partial charge in [-0.2, -0.15) is 0 Å². The van der Waals surface area contributed by atoms with Gasteiger partial charge in [0, 0.05) is 6.04 Å². The minimum atomic E-state index is -0.688. The highest BCUT2D eigenvalue weighted by atomic mass is 16.5. The first-order valence-electron chi connectivity index (χ1n) is 10.3. The lowest BCUT2D eigenvalue weighted by atomic mass is 10.0. The number of ether oxygens (including phenoxy) is 2. The predicted octanol–water partition coefficient (Wildman–Crippen LogP) is 3.68. The molecule has 0 spiro atoms. The molecule has 2 aromatic carbocycles. The summed E-state index contributed by atoms with van der Waals surface area (Å²) in [5, 5.41) is 2.29. The van der Waals surface area contributed by atoms with Crippen LogP contribution in [0.15, 0.2) is 54.1 Å². The molecule has 4 amide bonds. The fourth-order valence-corrected chi connectivity index (χ4v) is 3.96. The molecule has 0 radical (unpaired) electrons. The highest BCUT2D eigenvalue weighted by Gasteiger charge is 2.40. The van der Waals surface area contributed by atoms with Crippen LogP contribution >= 0.6 is 0 Å². The minimum absolute atomic E-state index is 0.0642. The third kappa shape index (κ3) is 4.45. The van der Waals surface area contributed by atoms with Crippen molar-refractivity contribution in [3.05, 3.63) is 65.2 Å². The second-order valence-electron chi connectivity index (χ2n) is 7.62. The number of methoxy groups -OCH3 is 1. The Morgan fingerprint density at radius 2 is 1.77 bits per heavy atom. The van der Waals surface area contributed by atoms with Gasteiger partial charge in [0.05, 0.1) is 7.11 Å². The van der Waals surface area contributed by atoms with Crippen LogP contribution < -0.4 is 14.8 Å². The number of benzene rings is 2. The van der Waals surface area contributed by atoms with Crippen molar-refractivity contribution in [2.75, 3.05) is 7.11 Å². The lowest BCUT2D eigenvalue weighted by Crippen LogP contribution is -2.57. The summed E-state index contributed by atoms with van der Waals surface area (Å²) in [7, 11) is 1.55. The standard InChI is InChI=1S/C24H24N2O5/c1-30-20-12-11-17(14-21(20)31-15-16-7-3-2-4-8-16)13-19-22(27)25-24(29)26(23(19)28)18-9-5-6-10-18/h2-4,7-8,11-14,18H,5-6,9-10,15H2,1H3,(H,25,27,29)/b19-13+. The topological polar surface area (TPSA) is 84.9 Å². The zero-order valence-electron chi connectivity index (χ0n) is 17.3. The number of nitrogens with zero attached hydrogens (tertiary/aromatic N) is 1. The molecule has 7 nitrogen and oxygen atoms in total. The van der Waals surface area contributed by atoms with Gasteiger partial charge < -0.3 is 9.47 Å². The molecule has 31 heavy (non-hydrogen) atoms. The summed E-state index contributed by atoms with van der Waals surface area (Å²) >= 11 is 0. The van der Waals surface area contributed by atoms with E-state index in [1.807, 2.05) is 30.3 Å². The van der Waals surface area contributed by atoms with Crippen molar-refractivity contribution < 1.29 is 23.9 Å². The summed E-state index contributed by atoms with van der Waals surface area (Å²) in [4.78, 5) is 38.8. The fraction of sp³-hybridized carbons (Fsp3) is 0.292. The van der Waals surface area contributed by atoms with Crippen molar-refractivity contribution in [3.8, 4) is 11.5 Å². The van der Waals surface area contributed by atoms with Crippen LogP contribution in [-0.2, 0) is 16.2 Å². The maximum atomic E-state index is 13.0. The number of imide groups is 2. The molecule has 7 heteroatoms. The number of carbonyl (C=O) groups excluding carboxylic acids is 3. The lowest BCUT2D eigenvalue weighted by Gasteiger charge is -2.31. The Bertz CT molecular complexity index is 1030. The molecule has 0 unspecified atom stereocenters. The van der Waals surface area contributed by atoms with E-state index in [-0.39, 0.29) is 11.6 Å². The SMILES string of the molecule is COc1ccc(/C=C2\C(=O)NC(=O)N(C3CCCC3)C2=O)cc1OCc1ccccc1. The van der Waals surface area contributed by atoms with Crippen LogP contribution in [0.4, 0.5) is 4.79 Å². The molecule has 1 aliphatic heterocycles. The van der Waals surface area contributed by atoms with E-state index in [9.17, 15) is 14.4 Å². The normalized spacial score (nSPS) is 18.4. The van der Waals surface area contributed by atoms with Gasteiger partial charge >= 0.3 is 6.03 Å². The first kappa shape index (κ1) is 20.7. The Morgan fingerprint density at radius 1 is 1.03 bits per heavy atom. The van der Waals surface area contributed by atoms with Gasteiger partial charge in [-0.05, 0) is 42.2 Å². The predicted molar refractivity (Wildman–Crippen MR) is 114 cm³/mol. The number of barbiturate groups is 1. The molecule has 1 saturated heterocycles. The Hall–Kier alpha value is -3.61. The van der Waals surface area contributed by atoms with Gasteiger partial charge in [-0.25, -0.2) is 4.79 Å². The van der Waals surface area contributed by atoms with Gasteiger partial charge in [0.2, 0.25) is 0 Å². The quantitative estimate of drug-likeness (QED) is 0.569. The van der Waals surface area contributed by atoms with E-state index < -0.39 is 17.8 Å². The van der Waals surface area contributed by atoms with E-state index >= 15 is 0 Å². The van der Waals surface area contributed by atoms with Crippen LogP contribution in [0.1, 0.15) is 36.8 Å². The molecule has 1 heterocycles. The molecule has 1 saturated carbocycles. The van der Waals surface area contributed by atoms with Gasteiger partial charge in [-0.3, -0.25) is 19.8 Å². The summed E-state index contributed by atoms with van der Waals surface area (Å²) < 4.78 is 11.3. The smallest absolute Gasteiger partial charge is 0.331 e. The average Bonchev–Trinajstić information content (AvgIpc) is 3.30. The maximum absolute atomic E-state index is 13.0. The van der Waals surface area contributed by atoms with E-state index in [0.29, 0.717) is 23.7 Å². The maximum Gasteiger partial charge on any atom is 0.331 e. The Kier molecular flexibility index (Phi) is 6.02. The molecule has 0 atom stereocenters. The third-order valence-electron chi connectivity index (χ3n) is 5.56. The zero-order chi connectivity index (χ0) is 21.8. The minimum Gasteiger partial charge on any atom is -0.493 e. The fourth-order valence-electron chi connectivity index (χ4n) is 3.96. The van der Waals surface area contributed by atoms with Crippen LogP contribution in [0.3, 0.4) is 0 Å². The molecule has 2 aromatic rings. The van der Waals surface area contributed by atoms with Crippen LogP contribution in [0.2, 0.25) is 0 Å². The zero-order valence-corrected chi connectivity index (χ0v) is 17.3. The number of amides is 4. The van der Waals surface area contributed by atoms with Crippen molar-refractivity contribution in [2.45, 2.75) is 38.3 Å². The molecule has 2 aliphatic rings. The number of hydrogen-bond acceptors (Lipinski definition) is 5. The first-order valence-corrected chi connectivity index (χ1v) is 10.3. The molecule has 1 aliphatic carbocycles. The van der Waals surface area contributed by atoms with Crippen molar-refractivity contribution in [3.63, 3.8) is 0 Å². The summed E-state index contributed by atoms with van der Waals surface area (Å²) in [6, 6.07) is 14.1. The largest absolute Gasteiger partial charge is 0.493 e. The van der Waals surface area contributed by atoms with Gasteiger partial charge in [-0.15, -0.1) is 0 Å². The second-order valence-corrected chi connectivity index (χ2v) is 7.62. The van der Waals surface area contributed by atoms with Crippen molar-refractivity contribution >= 4 is 23.9 Å². The summed E-state index contributed by atoms with van der Waals surface area (Å²) in [6.45, 7) is 0.348. The lowest BCUT2D eigenvalue weighted by molar-refractivity contribution is -0.131. The summed E-state index contributed by atoms with van der Waals surface area (Å²) in [6.07, 6.45) is 4.95. The summed E-state index contributed by atoms with van der Waals surface area (Å²) in [5.41, 5.74) is 1.54. The van der Waals surface area contributed by atoms with Gasteiger partial charge in [-0.1, -0.05) is 49.2 Å². The molecular weight excluding hydrogens is 396 g/mol. The van der Waals surface area contributed by atoms with E-state index in [4.69, 9.17) is 9.47 Å². The van der Waals surface area contributed by atoms with Crippen molar-refractivity contribution in [2.24, 2.45) is 0 Å². The van der Waals surface area contributed by atoms with Crippen LogP contribution in [0.5, 0.6) is 11.5 Å². The highest BCUT2D eigenvalue weighted by Crippen LogP contribution is 2.31. The second kappa shape index (κ2) is 9.04. The van der Waals surface area contributed by atoms with Crippen molar-refractivity contribution in [1.29, 1.82) is 0 Å². The average molecular weight is 420 g/mol. The van der Waals surface area contributed by atoms with Crippen molar-refractivity contribution in [1.82, 2.24) is 10.2 Å². The van der Waals surface area contributed by atoms with Gasteiger partial charge in [0.15, 0.2) is 11.5 Å². The molecule has 0 aromatic heterocycles. The Labute approximate surface area is 180 Å². The molecule has 2 fully saturated rings. The summed E-state index contributed by atoms with van der Waals surface area (Å²) in [5.74, 6) is -0.205. The van der Waals surface area contributed by atoms with E-state index in [1.165, 1.54) is 11.0 Å². The Balaban J connectivity index is 1.59. The van der Waals surface area contributed by atoms with Gasteiger partial charge in [0.25, 0.3) is 11.8 Å². The first-order chi connectivity index (χ1) is 15.1. The van der Waals surface area contributed by atoms with Crippen LogP contribution in [0.25, 0.3) is 6.08 Å². The van der Waals surface area contributed by atoms with Gasteiger partial charge in [0.1, 0.15) is 12.2 Å². The highest BCUT2D eigenvalue weighted by molar-refractivity contribution is 6.31. The van der Waals surface area contributed by atoms with E-state index in [1.54, 1.807) is 25.3 Å². The molecule has 160 valence electrons. The van der Waals surface area contributed by atoms with E-state index in [2.05, 4.69) is 5.32 Å². The number of hydrogen-bond donors (Lipinski definition) is 1. The molecular formula is C24H24N2O5. The molecule has 1 N–H and O–H groups in total. The number of carbonyl (C=O) groups is 3.